The molecular formula is C22H20N2O3S. The van der Waals surface area contributed by atoms with E-state index in [0.717, 1.165) is 12.0 Å². The number of benzene rings is 2. The van der Waals surface area contributed by atoms with E-state index in [0.29, 0.717) is 23.6 Å². The third-order valence-corrected chi connectivity index (χ3v) is 4.38. The number of thiocarbonyl (C=S) groups is 1. The number of rotatable bonds is 6. The standard InChI is InChI=1S/C22H20N2O3S/c1-3-7-15(2)14-19-20(25)23-22(28)24(21(19)26)16-10-12-18(13-11-16)27-17-8-5-4-6-9-17/h4-6,8-14H,2-3,7H2,1H3,(H,23,25,28). The number of amides is 2. The van der Waals surface area contributed by atoms with E-state index in [4.69, 9.17) is 17.0 Å². The number of nitrogens with one attached hydrogen (secondary N) is 1. The summed E-state index contributed by atoms with van der Waals surface area (Å²) >= 11 is 5.21. The molecule has 142 valence electrons. The average Bonchev–Trinajstić information content (AvgIpc) is 2.67. The molecule has 6 heteroatoms. The summed E-state index contributed by atoms with van der Waals surface area (Å²) in [6.07, 6.45) is 3.12. The van der Waals surface area contributed by atoms with Gasteiger partial charge in [0.05, 0.1) is 5.69 Å². The highest BCUT2D eigenvalue weighted by atomic mass is 32.1. The van der Waals surface area contributed by atoms with Crippen LogP contribution in [0.3, 0.4) is 0 Å². The predicted molar refractivity (Wildman–Crippen MR) is 113 cm³/mol. The average molecular weight is 392 g/mol. The van der Waals surface area contributed by atoms with Crippen LogP contribution in [-0.2, 0) is 9.59 Å². The molecule has 0 spiro atoms. The van der Waals surface area contributed by atoms with Gasteiger partial charge in [-0.15, -0.1) is 0 Å². The van der Waals surface area contributed by atoms with Crippen LogP contribution in [0.25, 0.3) is 0 Å². The monoisotopic (exact) mass is 392 g/mol. The van der Waals surface area contributed by atoms with Crippen molar-refractivity contribution in [2.75, 3.05) is 4.90 Å². The van der Waals surface area contributed by atoms with Gasteiger partial charge in [-0.25, -0.2) is 0 Å². The molecule has 0 radical (unpaired) electrons. The number of anilines is 1. The van der Waals surface area contributed by atoms with Gasteiger partial charge in [0.25, 0.3) is 11.8 Å². The summed E-state index contributed by atoms with van der Waals surface area (Å²) in [6, 6.07) is 16.3. The van der Waals surface area contributed by atoms with Crippen LogP contribution < -0.4 is 15.0 Å². The lowest BCUT2D eigenvalue weighted by atomic mass is 10.1. The van der Waals surface area contributed by atoms with Crippen molar-refractivity contribution in [2.24, 2.45) is 0 Å². The Kier molecular flexibility index (Phi) is 6.01. The van der Waals surface area contributed by atoms with Crippen LogP contribution in [0.1, 0.15) is 19.8 Å². The zero-order valence-corrected chi connectivity index (χ0v) is 16.3. The summed E-state index contributed by atoms with van der Waals surface area (Å²) in [5.41, 5.74) is 1.29. The molecule has 1 heterocycles. The van der Waals surface area contributed by atoms with Gasteiger partial charge >= 0.3 is 0 Å². The molecule has 2 amide bonds. The maximum Gasteiger partial charge on any atom is 0.270 e. The molecule has 0 aromatic heterocycles. The van der Waals surface area contributed by atoms with Gasteiger partial charge in [-0.3, -0.25) is 19.8 Å². The lowest BCUT2D eigenvalue weighted by molar-refractivity contribution is -0.122. The molecule has 0 saturated carbocycles. The predicted octanol–water partition coefficient (Wildman–Crippen LogP) is 4.51. The smallest absolute Gasteiger partial charge is 0.270 e. The van der Waals surface area contributed by atoms with Crippen molar-refractivity contribution >= 4 is 34.8 Å². The van der Waals surface area contributed by atoms with Crippen LogP contribution in [0.2, 0.25) is 0 Å². The maximum atomic E-state index is 12.9. The van der Waals surface area contributed by atoms with E-state index < -0.39 is 11.8 Å². The Labute approximate surface area is 169 Å². The molecule has 0 unspecified atom stereocenters. The number of carbonyl (C=O) groups is 2. The van der Waals surface area contributed by atoms with Gasteiger partial charge in [0.15, 0.2) is 5.11 Å². The van der Waals surface area contributed by atoms with Crippen LogP contribution in [0.4, 0.5) is 5.69 Å². The zero-order valence-electron chi connectivity index (χ0n) is 15.5. The molecule has 5 nitrogen and oxygen atoms in total. The van der Waals surface area contributed by atoms with Crippen molar-refractivity contribution in [2.45, 2.75) is 19.8 Å². The fraction of sp³-hybridized carbons (Fsp3) is 0.136. The van der Waals surface area contributed by atoms with Crippen LogP contribution in [0.15, 0.2) is 78.4 Å². The summed E-state index contributed by atoms with van der Waals surface area (Å²) < 4.78 is 5.76. The summed E-state index contributed by atoms with van der Waals surface area (Å²) in [7, 11) is 0. The second-order valence-corrected chi connectivity index (χ2v) is 6.66. The third-order valence-electron chi connectivity index (χ3n) is 4.10. The molecule has 3 rings (SSSR count). The first-order valence-corrected chi connectivity index (χ1v) is 9.32. The third kappa shape index (κ3) is 4.35. The summed E-state index contributed by atoms with van der Waals surface area (Å²) in [5, 5.41) is 2.61. The van der Waals surface area contributed by atoms with Gasteiger partial charge in [0.1, 0.15) is 17.1 Å². The Hall–Kier alpha value is -3.25. The normalized spacial score (nSPS) is 15.5. The molecule has 1 aliphatic heterocycles. The first kappa shape index (κ1) is 19.5. The van der Waals surface area contributed by atoms with E-state index in [9.17, 15) is 9.59 Å². The van der Waals surface area contributed by atoms with Gasteiger partial charge in [-0.1, -0.05) is 43.7 Å². The first-order chi connectivity index (χ1) is 13.5. The van der Waals surface area contributed by atoms with E-state index in [-0.39, 0.29) is 10.7 Å². The van der Waals surface area contributed by atoms with E-state index >= 15 is 0 Å². The Morgan fingerprint density at radius 1 is 1.11 bits per heavy atom. The van der Waals surface area contributed by atoms with Crippen molar-refractivity contribution in [3.8, 4) is 11.5 Å². The van der Waals surface area contributed by atoms with Crippen LogP contribution >= 0.6 is 12.2 Å². The molecule has 2 aromatic carbocycles. The van der Waals surface area contributed by atoms with Crippen LogP contribution in [0, 0.1) is 0 Å². The number of para-hydroxylation sites is 1. The van der Waals surface area contributed by atoms with E-state index in [1.54, 1.807) is 24.3 Å². The van der Waals surface area contributed by atoms with Crippen LogP contribution in [0.5, 0.6) is 11.5 Å². The molecule has 1 fully saturated rings. The van der Waals surface area contributed by atoms with E-state index in [1.165, 1.54) is 11.0 Å². The Morgan fingerprint density at radius 3 is 2.39 bits per heavy atom. The highest BCUT2D eigenvalue weighted by Gasteiger charge is 2.34. The Balaban J connectivity index is 1.83. The molecule has 2 aromatic rings. The van der Waals surface area contributed by atoms with Crippen molar-refractivity contribution in [1.29, 1.82) is 0 Å². The second-order valence-electron chi connectivity index (χ2n) is 6.28. The number of hydrogen-bond acceptors (Lipinski definition) is 4. The van der Waals surface area contributed by atoms with E-state index in [2.05, 4.69) is 11.9 Å². The van der Waals surface area contributed by atoms with Crippen molar-refractivity contribution < 1.29 is 14.3 Å². The number of carbonyl (C=O) groups excluding carboxylic acids is 2. The minimum atomic E-state index is -0.507. The van der Waals surface area contributed by atoms with Crippen LogP contribution in [-0.4, -0.2) is 16.9 Å². The summed E-state index contributed by atoms with van der Waals surface area (Å²) in [4.78, 5) is 26.4. The SMILES string of the molecule is C=C(C=C1C(=O)NC(=S)N(c2ccc(Oc3ccccc3)cc2)C1=O)CCC. The van der Waals surface area contributed by atoms with Gasteiger partial charge in [-0.2, -0.15) is 0 Å². The van der Waals surface area contributed by atoms with Crippen molar-refractivity contribution in [3.05, 3.63) is 78.4 Å². The van der Waals surface area contributed by atoms with Gasteiger partial charge in [0.2, 0.25) is 0 Å². The Bertz CT molecular complexity index is 950. The quantitative estimate of drug-likeness (QED) is 0.446. The largest absolute Gasteiger partial charge is 0.457 e. The highest BCUT2D eigenvalue weighted by molar-refractivity contribution is 7.80. The second kappa shape index (κ2) is 8.63. The highest BCUT2D eigenvalue weighted by Crippen LogP contribution is 2.26. The number of allylic oxidation sites excluding steroid dienone is 2. The lowest BCUT2D eigenvalue weighted by Crippen LogP contribution is -2.54. The number of hydrogen-bond donors (Lipinski definition) is 1. The minimum Gasteiger partial charge on any atom is -0.457 e. The molecule has 0 atom stereocenters. The Morgan fingerprint density at radius 2 is 1.75 bits per heavy atom. The van der Waals surface area contributed by atoms with Gasteiger partial charge < -0.3 is 4.74 Å². The number of ether oxygens (including phenoxy) is 1. The molecular weight excluding hydrogens is 372 g/mol. The zero-order chi connectivity index (χ0) is 20.1. The molecule has 1 aliphatic rings. The molecule has 28 heavy (non-hydrogen) atoms. The maximum absolute atomic E-state index is 12.9. The minimum absolute atomic E-state index is 0.0247. The molecule has 0 bridgehead atoms. The summed E-state index contributed by atoms with van der Waals surface area (Å²) in [5.74, 6) is 0.364. The molecule has 0 aliphatic carbocycles. The van der Waals surface area contributed by atoms with Gasteiger partial charge in [0, 0.05) is 0 Å². The summed E-state index contributed by atoms with van der Waals surface area (Å²) in [6.45, 7) is 5.91. The molecule has 1 N–H and O–H groups in total. The van der Waals surface area contributed by atoms with E-state index in [1.807, 2.05) is 37.3 Å². The molecule has 1 saturated heterocycles. The fourth-order valence-corrected chi connectivity index (χ4v) is 3.06. The van der Waals surface area contributed by atoms with Gasteiger partial charge in [-0.05, 0) is 61.1 Å². The number of nitrogens with zero attached hydrogens (tertiary/aromatic N) is 1. The topological polar surface area (TPSA) is 58.6 Å². The first-order valence-electron chi connectivity index (χ1n) is 8.92. The lowest BCUT2D eigenvalue weighted by Gasteiger charge is -2.29. The van der Waals surface area contributed by atoms with Crippen molar-refractivity contribution in [1.82, 2.24) is 5.32 Å². The fourth-order valence-electron chi connectivity index (χ4n) is 2.78. The van der Waals surface area contributed by atoms with Crippen molar-refractivity contribution in [3.63, 3.8) is 0 Å².